The molecular formula is C27H27N3O3. The van der Waals surface area contributed by atoms with Crippen molar-refractivity contribution >= 4 is 23.3 Å². The molecule has 2 atom stereocenters. The number of imide groups is 1. The number of urea groups is 1. The van der Waals surface area contributed by atoms with Crippen LogP contribution >= 0.6 is 0 Å². The van der Waals surface area contributed by atoms with E-state index in [9.17, 15) is 9.59 Å². The Bertz CT molecular complexity index is 1090. The van der Waals surface area contributed by atoms with Gasteiger partial charge in [-0.25, -0.2) is 19.6 Å². The highest BCUT2D eigenvalue weighted by molar-refractivity contribution is 6.22. The SMILES string of the molecule is CC(C)CN1C(=O)N(c2ccccc2)C(=O)C12CC(c1ccccc1)N(c1ccccc1)O2. The van der Waals surface area contributed by atoms with Gasteiger partial charge in [-0.3, -0.25) is 9.69 Å². The van der Waals surface area contributed by atoms with Crippen LogP contribution in [-0.2, 0) is 9.63 Å². The number of anilines is 2. The summed E-state index contributed by atoms with van der Waals surface area (Å²) in [5.41, 5.74) is 1.01. The molecule has 0 N–H and O–H groups in total. The molecule has 0 aromatic heterocycles. The lowest BCUT2D eigenvalue weighted by Gasteiger charge is -2.31. The summed E-state index contributed by atoms with van der Waals surface area (Å²) in [6.45, 7) is 4.49. The van der Waals surface area contributed by atoms with E-state index in [1.165, 1.54) is 4.90 Å². The van der Waals surface area contributed by atoms with Crippen LogP contribution in [0.2, 0.25) is 0 Å². The Morgan fingerprint density at radius 2 is 1.39 bits per heavy atom. The van der Waals surface area contributed by atoms with Gasteiger partial charge < -0.3 is 0 Å². The Morgan fingerprint density at radius 1 is 0.848 bits per heavy atom. The highest BCUT2D eigenvalue weighted by atomic mass is 16.7. The molecule has 2 unspecified atom stereocenters. The molecule has 2 heterocycles. The Balaban J connectivity index is 1.62. The average molecular weight is 442 g/mol. The van der Waals surface area contributed by atoms with Gasteiger partial charge in [0.25, 0.3) is 11.6 Å². The largest absolute Gasteiger partial charge is 0.334 e. The van der Waals surface area contributed by atoms with Gasteiger partial charge in [-0.05, 0) is 35.7 Å². The molecule has 5 rings (SSSR count). The second-order valence-corrected chi connectivity index (χ2v) is 8.93. The van der Waals surface area contributed by atoms with Crippen LogP contribution < -0.4 is 9.96 Å². The van der Waals surface area contributed by atoms with Crippen LogP contribution in [0.25, 0.3) is 0 Å². The van der Waals surface area contributed by atoms with Crippen LogP contribution in [0.3, 0.4) is 0 Å². The van der Waals surface area contributed by atoms with Gasteiger partial charge in [0.05, 0.1) is 17.4 Å². The molecule has 2 aliphatic heterocycles. The number of nitrogens with zero attached hydrogens (tertiary/aromatic N) is 3. The molecule has 168 valence electrons. The number of rotatable bonds is 5. The zero-order valence-electron chi connectivity index (χ0n) is 18.8. The Kier molecular flexibility index (Phi) is 5.38. The van der Waals surface area contributed by atoms with Crippen LogP contribution in [0.15, 0.2) is 91.0 Å². The molecule has 3 amide bonds. The number of carbonyl (C=O) groups is 2. The van der Waals surface area contributed by atoms with E-state index >= 15 is 0 Å². The van der Waals surface area contributed by atoms with E-state index in [0.29, 0.717) is 18.7 Å². The van der Waals surface area contributed by atoms with Crippen molar-refractivity contribution < 1.29 is 14.4 Å². The van der Waals surface area contributed by atoms with E-state index in [4.69, 9.17) is 4.84 Å². The lowest BCUT2D eigenvalue weighted by atomic mass is 9.96. The standard InChI is InChI=1S/C27H27N3O3/c1-20(2)19-28-26(32)29(22-14-8-4-9-15-22)25(31)27(28)18-24(21-12-6-3-7-13-21)30(33-27)23-16-10-5-11-17-23/h3-17,20,24H,18-19H2,1-2H3. The summed E-state index contributed by atoms with van der Waals surface area (Å²) in [4.78, 5) is 37.1. The van der Waals surface area contributed by atoms with Gasteiger partial charge in [0.2, 0.25) is 0 Å². The van der Waals surface area contributed by atoms with Crippen molar-refractivity contribution in [1.29, 1.82) is 0 Å². The second kappa shape index (κ2) is 8.37. The first-order chi connectivity index (χ1) is 16.0. The molecule has 0 bridgehead atoms. The Labute approximate surface area is 193 Å². The predicted molar refractivity (Wildman–Crippen MR) is 127 cm³/mol. The van der Waals surface area contributed by atoms with Crippen LogP contribution in [-0.4, -0.2) is 29.1 Å². The Hall–Kier alpha value is -3.64. The molecule has 1 spiro atoms. The molecule has 0 radical (unpaired) electrons. The van der Waals surface area contributed by atoms with Crippen molar-refractivity contribution in [3.05, 3.63) is 96.6 Å². The number of para-hydroxylation sites is 2. The fourth-order valence-electron chi connectivity index (χ4n) is 4.68. The molecule has 6 nitrogen and oxygen atoms in total. The third kappa shape index (κ3) is 3.56. The maximum Gasteiger partial charge on any atom is 0.334 e. The molecule has 3 aromatic carbocycles. The predicted octanol–water partition coefficient (Wildman–Crippen LogP) is 5.39. The van der Waals surface area contributed by atoms with E-state index in [2.05, 4.69) is 0 Å². The van der Waals surface area contributed by atoms with Gasteiger partial charge in [-0.1, -0.05) is 80.6 Å². The number of hydroxylamine groups is 1. The lowest BCUT2D eigenvalue weighted by Crippen LogP contribution is -2.51. The normalized spacial score (nSPS) is 22.8. The van der Waals surface area contributed by atoms with Crippen LogP contribution in [0, 0.1) is 5.92 Å². The number of hydrogen-bond donors (Lipinski definition) is 0. The molecule has 0 saturated carbocycles. The summed E-state index contributed by atoms with van der Waals surface area (Å²) in [5.74, 6) is -0.183. The van der Waals surface area contributed by atoms with Crippen molar-refractivity contribution in [2.24, 2.45) is 5.92 Å². The van der Waals surface area contributed by atoms with Crippen molar-refractivity contribution in [2.75, 3.05) is 16.5 Å². The van der Waals surface area contributed by atoms with Gasteiger partial charge >= 0.3 is 6.03 Å². The van der Waals surface area contributed by atoms with Crippen molar-refractivity contribution in [3.8, 4) is 0 Å². The van der Waals surface area contributed by atoms with Crippen molar-refractivity contribution in [1.82, 2.24) is 4.90 Å². The first kappa shape index (κ1) is 21.2. The zero-order chi connectivity index (χ0) is 23.0. The number of carbonyl (C=O) groups excluding carboxylic acids is 2. The van der Waals surface area contributed by atoms with E-state index in [1.54, 1.807) is 22.1 Å². The number of amides is 3. The van der Waals surface area contributed by atoms with Crippen molar-refractivity contribution in [3.63, 3.8) is 0 Å². The summed E-state index contributed by atoms with van der Waals surface area (Å²) in [5, 5.41) is 1.79. The molecule has 0 aliphatic carbocycles. The second-order valence-electron chi connectivity index (χ2n) is 8.93. The van der Waals surface area contributed by atoms with Crippen LogP contribution in [0.5, 0.6) is 0 Å². The average Bonchev–Trinajstić information content (AvgIpc) is 3.33. The topological polar surface area (TPSA) is 53.1 Å². The molecule has 2 aliphatic rings. The number of hydrogen-bond acceptors (Lipinski definition) is 4. The highest BCUT2D eigenvalue weighted by Crippen LogP contribution is 2.49. The maximum absolute atomic E-state index is 14.0. The van der Waals surface area contributed by atoms with E-state index in [0.717, 1.165) is 11.3 Å². The third-order valence-corrected chi connectivity index (χ3v) is 6.16. The van der Waals surface area contributed by atoms with Gasteiger partial charge in [0, 0.05) is 13.0 Å². The number of benzene rings is 3. The van der Waals surface area contributed by atoms with Gasteiger partial charge in [0.1, 0.15) is 0 Å². The van der Waals surface area contributed by atoms with Crippen molar-refractivity contribution in [2.45, 2.75) is 32.0 Å². The molecule has 33 heavy (non-hydrogen) atoms. The fourth-order valence-corrected chi connectivity index (χ4v) is 4.68. The highest BCUT2D eigenvalue weighted by Gasteiger charge is 2.65. The molecule has 3 aromatic rings. The first-order valence-corrected chi connectivity index (χ1v) is 11.3. The summed E-state index contributed by atoms with van der Waals surface area (Å²) in [6, 6.07) is 28.2. The Morgan fingerprint density at radius 3 is 1.97 bits per heavy atom. The molecular weight excluding hydrogens is 414 g/mol. The van der Waals surface area contributed by atoms with E-state index in [-0.39, 0.29) is 23.9 Å². The smallest absolute Gasteiger partial charge is 0.285 e. The van der Waals surface area contributed by atoms with Gasteiger partial charge in [0.15, 0.2) is 0 Å². The molecule has 2 saturated heterocycles. The van der Waals surface area contributed by atoms with E-state index < -0.39 is 5.72 Å². The zero-order valence-corrected chi connectivity index (χ0v) is 18.8. The minimum absolute atomic E-state index is 0.166. The minimum Gasteiger partial charge on any atom is -0.285 e. The summed E-state index contributed by atoms with van der Waals surface area (Å²) < 4.78 is 0. The molecule has 2 fully saturated rings. The minimum atomic E-state index is -1.41. The monoisotopic (exact) mass is 441 g/mol. The van der Waals surface area contributed by atoms with Gasteiger partial charge in [-0.2, -0.15) is 0 Å². The lowest BCUT2D eigenvalue weighted by molar-refractivity contribution is -0.152. The quantitative estimate of drug-likeness (QED) is 0.498. The molecule has 6 heteroatoms. The summed E-state index contributed by atoms with van der Waals surface area (Å²) in [6.07, 6.45) is 0.340. The first-order valence-electron chi connectivity index (χ1n) is 11.3. The van der Waals surface area contributed by atoms with Crippen LogP contribution in [0.1, 0.15) is 31.9 Å². The maximum atomic E-state index is 14.0. The summed E-state index contributed by atoms with van der Waals surface area (Å²) >= 11 is 0. The summed E-state index contributed by atoms with van der Waals surface area (Å²) in [7, 11) is 0. The third-order valence-electron chi connectivity index (χ3n) is 6.16. The fraction of sp³-hybridized carbons (Fsp3) is 0.259. The van der Waals surface area contributed by atoms with Gasteiger partial charge in [-0.15, -0.1) is 0 Å². The van der Waals surface area contributed by atoms with Crippen LogP contribution in [0.4, 0.5) is 16.2 Å². The van der Waals surface area contributed by atoms with E-state index in [1.807, 2.05) is 92.7 Å².